The largest absolute Gasteiger partial charge is 0.326 e. The second kappa shape index (κ2) is 4.70. The molecule has 0 spiro atoms. The summed E-state index contributed by atoms with van der Waals surface area (Å²) >= 11 is 11.6. The van der Waals surface area contributed by atoms with Crippen LogP contribution in [-0.4, -0.2) is 5.88 Å². The average Bonchev–Trinajstić information content (AvgIpc) is 2.05. The zero-order valence-corrected chi connectivity index (χ0v) is 8.20. The van der Waals surface area contributed by atoms with E-state index in [4.69, 9.17) is 28.9 Å². The van der Waals surface area contributed by atoms with E-state index in [9.17, 15) is 0 Å². The summed E-state index contributed by atoms with van der Waals surface area (Å²) in [5.41, 5.74) is 7.72. The first-order valence-electron chi connectivity index (χ1n) is 3.82. The van der Waals surface area contributed by atoms with E-state index in [-0.39, 0.29) is 0 Å². The van der Waals surface area contributed by atoms with Gasteiger partial charge in [-0.1, -0.05) is 23.7 Å². The fourth-order valence-corrected chi connectivity index (χ4v) is 1.64. The van der Waals surface area contributed by atoms with Crippen LogP contribution in [0.2, 0.25) is 5.02 Å². The zero-order chi connectivity index (χ0) is 8.97. The van der Waals surface area contributed by atoms with Gasteiger partial charge >= 0.3 is 0 Å². The van der Waals surface area contributed by atoms with Crippen LogP contribution in [-0.2, 0) is 13.0 Å². The predicted molar refractivity (Wildman–Crippen MR) is 53.8 cm³/mol. The van der Waals surface area contributed by atoms with Crippen molar-refractivity contribution in [3.8, 4) is 0 Å². The Bertz CT molecular complexity index is 261. The van der Waals surface area contributed by atoms with Crippen molar-refractivity contribution in [3.63, 3.8) is 0 Å². The van der Waals surface area contributed by atoms with Gasteiger partial charge in [0, 0.05) is 17.4 Å². The number of hydrogen-bond acceptors (Lipinski definition) is 1. The van der Waals surface area contributed by atoms with Gasteiger partial charge in [-0.3, -0.25) is 0 Å². The van der Waals surface area contributed by atoms with Gasteiger partial charge in [-0.05, 0) is 23.6 Å². The van der Waals surface area contributed by atoms with Crippen molar-refractivity contribution >= 4 is 23.2 Å². The van der Waals surface area contributed by atoms with Gasteiger partial charge in [-0.2, -0.15) is 0 Å². The molecule has 0 aliphatic heterocycles. The normalized spacial score (nSPS) is 10.2. The van der Waals surface area contributed by atoms with Crippen LogP contribution < -0.4 is 5.73 Å². The minimum atomic E-state index is 0.478. The third kappa shape index (κ3) is 2.13. The Balaban J connectivity index is 3.00. The van der Waals surface area contributed by atoms with E-state index in [0.29, 0.717) is 12.4 Å². The Labute approximate surface area is 82.5 Å². The molecule has 0 heterocycles. The van der Waals surface area contributed by atoms with Crippen LogP contribution in [0.15, 0.2) is 18.2 Å². The maximum atomic E-state index is 5.94. The minimum absolute atomic E-state index is 0.478. The molecule has 12 heavy (non-hydrogen) atoms. The molecule has 0 unspecified atom stereocenters. The summed E-state index contributed by atoms with van der Waals surface area (Å²) < 4.78 is 0. The molecule has 0 aliphatic carbocycles. The number of nitrogens with two attached hydrogens (primary N) is 1. The quantitative estimate of drug-likeness (QED) is 0.752. The zero-order valence-electron chi connectivity index (χ0n) is 6.69. The lowest BCUT2D eigenvalue weighted by atomic mass is 10.1. The number of benzene rings is 1. The highest BCUT2D eigenvalue weighted by atomic mass is 35.5. The summed E-state index contributed by atoms with van der Waals surface area (Å²) in [6.45, 7) is 0.478. The first-order chi connectivity index (χ1) is 5.79. The number of alkyl halides is 1. The van der Waals surface area contributed by atoms with Gasteiger partial charge in [0.15, 0.2) is 0 Å². The van der Waals surface area contributed by atoms with Gasteiger partial charge in [0.05, 0.1) is 0 Å². The molecule has 1 rings (SSSR count). The summed E-state index contributed by atoms with van der Waals surface area (Å²) in [7, 11) is 0. The molecule has 0 radical (unpaired) electrons. The second-order valence-electron chi connectivity index (χ2n) is 2.52. The molecule has 3 heteroatoms. The first-order valence-corrected chi connectivity index (χ1v) is 4.73. The van der Waals surface area contributed by atoms with Gasteiger partial charge in [0.2, 0.25) is 0 Å². The van der Waals surface area contributed by atoms with Crippen molar-refractivity contribution in [1.29, 1.82) is 0 Å². The number of rotatable bonds is 3. The Hall–Kier alpha value is -0.240. The first kappa shape index (κ1) is 9.85. The monoisotopic (exact) mass is 203 g/mol. The van der Waals surface area contributed by atoms with E-state index >= 15 is 0 Å². The van der Waals surface area contributed by atoms with E-state index in [0.717, 1.165) is 22.6 Å². The lowest BCUT2D eigenvalue weighted by molar-refractivity contribution is 1.01. The molecule has 1 nitrogen and oxygen atoms in total. The Morgan fingerprint density at radius 1 is 1.33 bits per heavy atom. The Morgan fingerprint density at radius 2 is 2.08 bits per heavy atom. The SMILES string of the molecule is NCc1c(Cl)cccc1CCCl. The van der Waals surface area contributed by atoms with Crippen LogP contribution in [0.5, 0.6) is 0 Å². The number of aryl methyl sites for hydroxylation is 1. The summed E-state index contributed by atoms with van der Waals surface area (Å²) in [4.78, 5) is 0. The molecule has 0 aliphatic rings. The molecular weight excluding hydrogens is 193 g/mol. The minimum Gasteiger partial charge on any atom is -0.326 e. The topological polar surface area (TPSA) is 26.0 Å². The van der Waals surface area contributed by atoms with Crippen LogP contribution in [0.4, 0.5) is 0 Å². The molecule has 1 aromatic rings. The lowest BCUT2D eigenvalue weighted by Crippen LogP contribution is -2.02. The van der Waals surface area contributed by atoms with Crippen molar-refractivity contribution < 1.29 is 0 Å². The predicted octanol–water partition coefficient (Wildman–Crippen LogP) is 2.58. The van der Waals surface area contributed by atoms with Crippen LogP contribution in [0.1, 0.15) is 11.1 Å². The smallest absolute Gasteiger partial charge is 0.0453 e. The average molecular weight is 204 g/mol. The summed E-state index contributed by atoms with van der Waals surface area (Å²) in [5, 5.41) is 0.736. The molecule has 2 N–H and O–H groups in total. The fourth-order valence-electron chi connectivity index (χ4n) is 1.17. The molecule has 0 fully saturated rings. The number of hydrogen-bond donors (Lipinski definition) is 1. The van der Waals surface area contributed by atoms with E-state index in [1.165, 1.54) is 0 Å². The van der Waals surface area contributed by atoms with Crippen molar-refractivity contribution in [2.75, 3.05) is 5.88 Å². The molecule has 0 bridgehead atoms. The van der Waals surface area contributed by atoms with Crippen LogP contribution in [0.3, 0.4) is 0 Å². The van der Waals surface area contributed by atoms with Gasteiger partial charge in [0.1, 0.15) is 0 Å². The summed E-state index contributed by atoms with van der Waals surface area (Å²) in [6, 6.07) is 5.78. The number of halogens is 2. The summed E-state index contributed by atoms with van der Waals surface area (Å²) in [5.74, 6) is 0.605. The molecule has 0 aromatic heterocycles. The molecular formula is C9H11Cl2N. The third-order valence-electron chi connectivity index (χ3n) is 1.78. The van der Waals surface area contributed by atoms with Crippen LogP contribution >= 0.6 is 23.2 Å². The molecule has 0 saturated heterocycles. The molecule has 66 valence electrons. The summed E-state index contributed by atoms with van der Waals surface area (Å²) in [6.07, 6.45) is 0.828. The van der Waals surface area contributed by atoms with Gasteiger partial charge < -0.3 is 5.73 Å². The third-order valence-corrected chi connectivity index (χ3v) is 2.33. The highest BCUT2D eigenvalue weighted by Gasteiger charge is 2.03. The van der Waals surface area contributed by atoms with Crippen molar-refractivity contribution in [2.45, 2.75) is 13.0 Å². The Kier molecular flexibility index (Phi) is 3.86. The molecule has 0 amide bonds. The van der Waals surface area contributed by atoms with E-state index in [1.807, 2.05) is 18.2 Å². The van der Waals surface area contributed by atoms with Gasteiger partial charge in [-0.25, -0.2) is 0 Å². The van der Waals surface area contributed by atoms with Crippen LogP contribution in [0, 0.1) is 0 Å². The maximum absolute atomic E-state index is 5.94. The van der Waals surface area contributed by atoms with Crippen molar-refractivity contribution in [1.82, 2.24) is 0 Å². The molecule has 1 aromatic carbocycles. The van der Waals surface area contributed by atoms with E-state index in [2.05, 4.69) is 0 Å². The van der Waals surface area contributed by atoms with E-state index < -0.39 is 0 Å². The van der Waals surface area contributed by atoms with E-state index in [1.54, 1.807) is 0 Å². The fraction of sp³-hybridized carbons (Fsp3) is 0.333. The highest BCUT2D eigenvalue weighted by Crippen LogP contribution is 2.19. The lowest BCUT2D eigenvalue weighted by Gasteiger charge is -2.07. The van der Waals surface area contributed by atoms with Gasteiger partial charge in [0.25, 0.3) is 0 Å². The highest BCUT2D eigenvalue weighted by molar-refractivity contribution is 6.31. The van der Waals surface area contributed by atoms with Crippen molar-refractivity contribution in [3.05, 3.63) is 34.3 Å². The second-order valence-corrected chi connectivity index (χ2v) is 3.31. The van der Waals surface area contributed by atoms with Crippen molar-refractivity contribution in [2.24, 2.45) is 5.73 Å². The van der Waals surface area contributed by atoms with Crippen LogP contribution in [0.25, 0.3) is 0 Å². The maximum Gasteiger partial charge on any atom is 0.0453 e. The standard InChI is InChI=1S/C9H11Cl2N/c10-5-4-7-2-1-3-9(11)8(7)6-12/h1-3H,4-6,12H2. The molecule has 0 atom stereocenters. The Morgan fingerprint density at radius 3 is 2.67 bits per heavy atom. The molecule has 0 saturated carbocycles. The van der Waals surface area contributed by atoms with Gasteiger partial charge in [-0.15, -0.1) is 11.6 Å².